The largest absolute Gasteiger partial charge is 0.493 e. The van der Waals surface area contributed by atoms with Crippen LogP contribution in [-0.2, 0) is 6.42 Å². The molecule has 0 N–H and O–H groups in total. The number of hydrogen-bond donors (Lipinski definition) is 0. The van der Waals surface area contributed by atoms with Gasteiger partial charge in [-0.05, 0) is 69.4 Å². The summed E-state index contributed by atoms with van der Waals surface area (Å²) in [7, 11) is 3.43. The first-order valence-electron chi connectivity index (χ1n) is 8.78. The molecule has 2 atom stereocenters. The SMILES string of the molecule is COc1cc2c(cc1OC)C1CC(C=C(C)C)=C(C)CN1C(C)C2. The van der Waals surface area contributed by atoms with Gasteiger partial charge in [0, 0.05) is 18.6 Å². The summed E-state index contributed by atoms with van der Waals surface area (Å²) in [6, 6.07) is 5.34. The van der Waals surface area contributed by atoms with E-state index in [0.29, 0.717) is 12.1 Å². The standard InChI is InChI=1S/C21H29NO2/c1-13(2)7-16-9-19-18-11-21(24-6)20(23-5)10-17(18)8-15(4)22(19)12-14(16)3/h7,10-11,15,19H,8-9,12H2,1-6H3. The summed E-state index contributed by atoms with van der Waals surface area (Å²) in [6.45, 7) is 10.0. The van der Waals surface area contributed by atoms with Crippen molar-refractivity contribution in [2.24, 2.45) is 0 Å². The Balaban J connectivity index is 2.06. The molecular formula is C21H29NO2. The molecule has 0 spiro atoms. The van der Waals surface area contributed by atoms with Gasteiger partial charge < -0.3 is 9.47 Å². The maximum atomic E-state index is 5.55. The van der Waals surface area contributed by atoms with Gasteiger partial charge in [-0.1, -0.05) is 17.2 Å². The second-order valence-electron chi connectivity index (χ2n) is 7.38. The Hall–Kier alpha value is -1.74. The van der Waals surface area contributed by atoms with Gasteiger partial charge >= 0.3 is 0 Å². The van der Waals surface area contributed by atoms with Crippen LogP contribution in [0.15, 0.2) is 34.9 Å². The van der Waals surface area contributed by atoms with Crippen LogP contribution in [0.1, 0.15) is 51.3 Å². The average molecular weight is 327 g/mol. The smallest absolute Gasteiger partial charge is 0.161 e. The number of allylic oxidation sites excluding steroid dienone is 2. The molecule has 0 aliphatic carbocycles. The molecule has 0 bridgehead atoms. The molecule has 2 aliphatic heterocycles. The molecule has 3 rings (SSSR count). The number of methoxy groups -OCH3 is 2. The van der Waals surface area contributed by atoms with Crippen LogP contribution in [0.5, 0.6) is 11.5 Å². The van der Waals surface area contributed by atoms with Crippen molar-refractivity contribution in [2.45, 2.75) is 52.6 Å². The van der Waals surface area contributed by atoms with Gasteiger partial charge in [-0.25, -0.2) is 0 Å². The molecule has 0 fully saturated rings. The first kappa shape index (κ1) is 17.1. The van der Waals surface area contributed by atoms with E-state index >= 15 is 0 Å². The Morgan fingerprint density at radius 1 is 1.12 bits per heavy atom. The van der Waals surface area contributed by atoms with Crippen LogP contribution in [0, 0.1) is 0 Å². The second-order valence-corrected chi connectivity index (χ2v) is 7.38. The fourth-order valence-corrected chi connectivity index (χ4v) is 4.13. The second kappa shape index (κ2) is 6.64. The van der Waals surface area contributed by atoms with Crippen LogP contribution in [0.4, 0.5) is 0 Å². The highest BCUT2D eigenvalue weighted by Gasteiger charge is 2.36. The first-order chi connectivity index (χ1) is 11.4. The van der Waals surface area contributed by atoms with E-state index in [1.807, 2.05) is 0 Å². The lowest BCUT2D eigenvalue weighted by Crippen LogP contribution is -2.45. The summed E-state index contributed by atoms with van der Waals surface area (Å²) in [5, 5.41) is 0. The summed E-state index contributed by atoms with van der Waals surface area (Å²) in [5.41, 5.74) is 7.17. The molecule has 2 unspecified atom stereocenters. The third-order valence-electron chi connectivity index (χ3n) is 5.33. The van der Waals surface area contributed by atoms with Gasteiger partial charge in [-0.15, -0.1) is 0 Å². The summed E-state index contributed by atoms with van der Waals surface area (Å²) in [4.78, 5) is 2.64. The van der Waals surface area contributed by atoms with Gasteiger partial charge in [-0.2, -0.15) is 0 Å². The van der Waals surface area contributed by atoms with Gasteiger partial charge in [0.25, 0.3) is 0 Å². The quantitative estimate of drug-likeness (QED) is 0.805. The predicted octanol–water partition coefficient (Wildman–Crippen LogP) is 4.68. The zero-order valence-electron chi connectivity index (χ0n) is 15.8. The lowest BCUT2D eigenvalue weighted by atomic mass is 9.81. The Kier molecular flexibility index (Phi) is 4.73. The zero-order chi connectivity index (χ0) is 17.4. The fourth-order valence-electron chi connectivity index (χ4n) is 4.13. The van der Waals surface area contributed by atoms with Crippen LogP contribution in [0.3, 0.4) is 0 Å². The summed E-state index contributed by atoms with van der Waals surface area (Å²) >= 11 is 0. The van der Waals surface area contributed by atoms with Crippen molar-refractivity contribution in [3.63, 3.8) is 0 Å². The Morgan fingerprint density at radius 3 is 2.42 bits per heavy atom. The monoisotopic (exact) mass is 327 g/mol. The number of hydrogen-bond acceptors (Lipinski definition) is 3. The lowest BCUT2D eigenvalue weighted by molar-refractivity contribution is 0.130. The van der Waals surface area contributed by atoms with Gasteiger partial charge in [0.15, 0.2) is 11.5 Å². The molecule has 1 aromatic rings. The molecule has 0 aromatic heterocycles. The van der Waals surface area contributed by atoms with Gasteiger partial charge in [0.2, 0.25) is 0 Å². The maximum absolute atomic E-state index is 5.55. The minimum absolute atomic E-state index is 0.429. The molecule has 24 heavy (non-hydrogen) atoms. The number of benzene rings is 1. The Labute approximate surface area is 146 Å². The Morgan fingerprint density at radius 2 is 1.79 bits per heavy atom. The van der Waals surface area contributed by atoms with Crippen LogP contribution < -0.4 is 9.47 Å². The number of nitrogens with zero attached hydrogens (tertiary/aromatic N) is 1. The van der Waals surface area contributed by atoms with Crippen molar-refractivity contribution >= 4 is 0 Å². The van der Waals surface area contributed by atoms with E-state index in [2.05, 4.69) is 50.8 Å². The topological polar surface area (TPSA) is 21.7 Å². The molecular weight excluding hydrogens is 298 g/mol. The molecule has 2 heterocycles. The van der Waals surface area contributed by atoms with Gasteiger partial charge in [0.1, 0.15) is 0 Å². The maximum Gasteiger partial charge on any atom is 0.161 e. The van der Waals surface area contributed by atoms with Crippen LogP contribution in [-0.4, -0.2) is 31.7 Å². The third kappa shape index (κ3) is 2.98. The number of rotatable bonds is 3. The molecule has 0 saturated heterocycles. The van der Waals surface area contributed by atoms with E-state index in [4.69, 9.17) is 9.47 Å². The number of ether oxygens (including phenoxy) is 2. The van der Waals surface area contributed by atoms with E-state index in [0.717, 1.165) is 30.9 Å². The molecule has 2 aliphatic rings. The highest BCUT2D eigenvalue weighted by Crippen LogP contribution is 2.45. The number of fused-ring (bicyclic) bond motifs is 3. The summed E-state index contributed by atoms with van der Waals surface area (Å²) in [6.07, 6.45) is 4.49. The molecule has 130 valence electrons. The normalized spacial score (nSPS) is 23.4. The molecule has 3 heteroatoms. The average Bonchev–Trinajstić information content (AvgIpc) is 2.54. The highest BCUT2D eigenvalue weighted by atomic mass is 16.5. The minimum atomic E-state index is 0.429. The van der Waals surface area contributed by atoms with Crippen molar-refractivity contribution in [3.8, 4) is 11.5 Å². The zero-order valence-corrected chi connectivity index (χ0v) is 15.8. The van der Waals surface area contributed by atoms with Crippen molar-refractivity contribution in [1.29, 1.82) is 0 Å². The van der Waals surface area contributed by atoms with Crippen molar-refractivity contribution < 1.29 is 9.47 Å². The van der Waals surface area contributed by atoms with Crippen LogP contribution in [0.25, 0.3) is 0 Å². The lowest BCUT2D eigenvalue weighted by Gasteiger charge is -2.45. The Bertz CT molecular complexity index is 698. The molecule has 0 radical (unpaired) electrons. The van der Waals surface area contributed by atoms with Gasteiger partial charge in [0.05, 0.1) is 14.2 Å². The van der Waals surface area contributed by atoms with E-state index in [1.54, 1.807) is 14.2 Å². The fraction of sp³-hybridized carbons (Fsp3) is 0.524. The van der Waals surface area contributed by atoms with E-state index < -0.39 is 0 Å². The van der Waals surface area contributed by atoms with Crippen LogP contribution in [0.2, 0.25) is 0 Å². The summed E-state index contributed by atoms with van der Waals surface area (Å²) in [5.74, 6) is 1.67. The molecule has 3 nitrogen and oxygen atoms in total. The highest BCUT2D eigenvalue weighted by molar-refractivity contribution is 5.51. The molecule has 0 saturated carbocycles. The minimum Gasteiger partial charge on any atom is -0.493 e. The van der Waals surface area contributed by atoms with Gasteiger partial charge in [-0.3, -0.25) is 4.90 Å². The van der Waals surface area contributed by atoms with Crippen LogP contribution >= 0.6 is 0 Å². The van der Waals surface area contributed by atoms with E-state index in [-0.39, 0.29) is 0 Å². The van der Waals surface area contributed by atoms with Crippen molar-refractivity contribution in [2.75, 3.05) is 20.8 Å². The third-order valence-corrected chi connectivity index (χ3v) is 5.33. The predicted molar refractivity (Wildman–Crippen MR) is 98.9 cm³/mol. The van der Waals surface area contributed by atoms with E-state index in [1.165, 1.54) is 27.8 Å². The summed E-state index contributed by atoms with van der Waals surface area (Å²) < 4.78 is 11.1. The molecule has 0 amide bonds. The van der Waals surface area contributed by atoms with Crippen molar-refractivity contribution in [3.05, 3.63) is 46.1 Å². The first-order valence-corrected chi connectivity index (χ1v) is 8.78. The molecule has 1 aromatic carbocycles. The van der Waals surface area contributed by atoms with E-state index in [9.17, 15) is 0 Å². The van der Waals surface area contributed by atoms with Crippen molar-refractivity contribution in [1.82, 2.24) is 4.90 Å².